The van der Waals surface area contributed by atoms with Crippen molar-refractivity contribution in [3.63, 3.8) is 0 Å². The number of aliphatic carboxylic acids is 2. The number of carboxylic acid groups (broad SMARTS) is 2. The van der Waals surface area contributed by atoms with Gasteiger partial charge >= 0.3 is 97.8 Å². The van der Waals surface area contributed by atoms with Gasteiger partial charge in [-0.15, -0.1) is 0 Å². The third-order valence-corrected chi connectivity index (χ3v) is 2.61. The first kappa shape index (κ1) is 34.0. The summed E-state index contributed by atoms with van der Waals surface area (Å²) in [5.74, 6) is -3.70. The van der Waals surface area contributed by atoms with Crippen molar-refractivity contribution < 1.29 is 101 Å². The van der Waals surface area contributed by atoms with Crippen molar-refractivity contribution in [2.24, 2.45) is 5.73 Å². The Morgan fingerprint density at radius 3 is 1.96 bits per heavy atom. The van der Waals surface area contributed by atoms with E-state index in [0.29, 0.717) is 0 Å². The zero-order valence-electron chi connectivity index (χ0n) is 14.2. The van der Waals surface area contributed by atoms with Crippen molar-refractivity contribution in [2.45, 2.75) is 24.9 Å². The number of nitrogens with two attached hydrogens (primary N) is 1. The molecule has 0 heterocycles. The molecule has 0 saturated heterocycles. The maximum Gasteiger partial charge on any atom is 1.00 e. The van der Waals surface area contributed by atoms with Gasteiger partial charge in [0.25, 0.3) is 0 Å². The first-order valence-corrected chi connectivity index (χ1v) is 8.89. The van der Waals surface area contributed by atoms with Crippen LogP contribution in [0.3, 0.4) is 0 Å². The summed E-state index contributed by atoms with van der Waals surface area (Å²) in [6.07, 6.45) is -0.235. The topological polar surface area (TPSA) is 222 Å². The van der Waals surface area contributed by atoms with Crippen LogP contribution in [0.25, 0.3) is 0 Å². The van der Waals surface area contributed by atoms with Crippen LogP contribution in [0.2, 0.25) is 0 Å². The summed E-state index contributed by atoms with van der Waals surface area (Å²) in [6, 6.07) is -2.15. The molecule has 0 radical (unpaired) electrons. The van der Waals surface area contributed by atoms with Crippen molar-refractivity contribution in [2.75, 3.05) is 12.3 Å². The number of carbonyl (C=O) groups excluding carboxylic acids is 2. The third kappa shape index (κ3) is 22.5. The molecule has 0 aromatic heterocycles. The largest absolute Gasteiger partial charge is 1.00 e. The van der Waals surface area contributed by atoms with Crippen LogP contribution in [-0.4, -0.2) is 72.8 Å². The molecule has 0 fully saturated rings. The number of hydrogen-bond donors (Lipinski definition) is 6. The summed E-state index contributed by atoms with van der Waals surface area (Å²) in [4.78, 5) is 43.7. The number of hydrogen-bond acceptors (Lipinski definition) is 9. The van der Waals surface area contributed by atoms with E-state index in [1.54, 1.807) is 0 Å². The number of rotatable bonds is 9. The van der Waals surface area contributed by atoms with Gasteiger partial charge in [0.2, 0.25) is 11.8 Å². The number of carbonyl (C=O) groups is 4. The predicted molar refractivity (Wildman–Crippen MR) is 77.7 cm³/mol. The van der Waals surface area contributed by atoms with E-state index in [4.69, 9.17) is 28.2 Å². The minimum Gasteiger partial charge on any atom is 1.00 e. The quantitative estimate of drug-likeness (QED) is 0.135. The Kier molecular flexibility index (Phi) is 26.4. The average molecular weight is 480 g/mol. The van der Waals surface area contributed by atoms with E-state index in [9.17, 15) is 19.2 Å². The van der Waals surface area contributed by atoms with Crippen molar-refractivity contribution >= 4 is 50.9 Å². The van der Waals surface area contributed by atoms with Gasteiger partial charge in [-0.1, -0.05) is 0 Å². The maximum atomic E-state index is 11.5. The van der Waals surface area contributed by atoms with E-state index >= 15 is 0 Å². The molecule has 0 aliphatic rings. The molecule has 140 valence electrons. The summed E-state index contributed by atoms with van der Waals surface area (Å²) >= 11 is 0.0821. The molecule has 2 amide bonds. The van der Waals surface area contributed by atoms with Crippen LogP contribution in [0.1, 0.15) is 12.8 Å². The number of nitrogens with one attached hydrogen (secondary N) is 2. The normalized spacial score (nSPS) is 11.4. The SMILES string of the molecule is N[C@@H](CCC(=O)N[C@@H](CS)C(=O)NCC(=O)O)C(=O)O.O=[Se]([O-])[O-].[Na+].[Na+]. The van der Waals surface area contributed by atoms with Gasteiger partial charge in [0.15, 0.2) is 0 Å². The molecule has 0 saturated carbocycles. The maximum absolute atomic E-state index is 11.5. The number of amides is 2. The molecule has 0 aromatic carbocycles. The van der Waals surface area contributed by atoms with E-state index in [1.165, 1.54) is 0 Å². The Labute approximate surface area is 203 Å². The van der Waals surface area contributed by atoms with Gasteiger partial charge in [0.1, 0.15) is 18.6 Å². The zero-order chi connectivity index (χ0) is 19.3. The molecule has 0 bridgehead atoms. The minimum atomic E-state index is -3.79. The fourth-order valence-electron chi connectivity index (χ4n) is 1.16. The Morgan fingerprint density at radius 2 is 1.62 bits per heavy atom. The average Bonchev–Trinajstić information content (AvgIpc) is 2.46. The van der Waals surface area contributed by atoms with Crippen LogP contribution in [0.4, 0.5) is 0 Å². The van der Waals surface area contributed by atoms with Gasteiger partial charge in [-0.3, -0.25) is 19.2 Å². The van der Waals surface area contributed by atoms with Crippen molar-refractivity contribution in [3.05, 3.63) is 0 Å². The van der Waals surface area contributed by atoms with Crippen LogP contribution in [-0.2, 0) is 23.0 Å². The van der Waals surface area contributed by atoms with E-state index in [-0.39, 0.29) is 77.7 Å². The van der Waals surface area contributed by atoms with Crippen molar-refractivity contribution in [3.8, 4) is 0 Å². The van der Waals surface area contributed by atoms with E-state index < -0.39 is 56.9 Å². The molecule has 2 atom stereocenters. The van der Waals surface area contributed by atoms with Crippen LogP contribution in [0.5, 0.6) is 0 Å². The van der Waals surface area contributed by atoms with Crippen molar-refractivity contribution in [1.29, 1.82) is 0 Å². The fraction of sp³-hybridized carbons (Fsp3) is 0.600. The molecule has 0 rings (SSSR count). The van der Waals surface area contributed by atoms with Gasteiger partial charge in [0, 0.05) is 12.2 Å². The molecule has 26 heavy (non-hydrogen) atoms. The molecule has 12 nitrogen and oxygen atoms in total. The number of thiol groups is 1. The molecule has 6 N–H and O–H groups in total. The number of carboxylic acids is 2. The second kappa shape index (κ2) is 20.2. The molecule has 0 unspecified atom stereocenters. The van der Waals surface area contributed by atoms with Gasteiger partial charge < -0.3 is 26.6 Å². The van der Waals surface area contributed by atoms with Crippen molar-refractivity contribution in [1.82, 2.24) is 10.6 Å². The van der Waals surface area contributed by atoms with Crippen LogP contribution in [0, 0.1) is 0 Å². The first-order chi connectivity index (χ1) is 11.0. The van der Waals surface area contributed by atoms with E-state index in [0.717, 1.165) is 0 Å². The second-order valence-corrected chi connectivity index (χ2v) is 5.32. The standard InChI is InChI=1S/C10H17N3O6S.2Na.H2O3Se/c11-5(10(18)19)1-2-7(14)13-6(4-20)9(17)12-3-8(15)16;;;1-4(2)3/h5-6,20H,1-4,11H2,(H,12,17)(H,13,14)(H,15,16)(H,18,19);;;(H2,1,2,3)/q;2*+1;/p-2/t5-,6-;;;/m0.../s1. The van der Waals surface area contributed by atoms with E-state index in [2.05, 4.69) is 23.3 Å². The first-order valence-electron chi connectivity index (χ1n) is 6.16. The van der Waals surface area contributed by atoms with Gasteiger partial charge in [-0.2, -0.15) is 12.6 Å². The Bertz CT molecular complexity index is 483. The smallest absolute Gasteiger partial charge is 1.00 e. The van der Waals surface area contributed by atoms with Crippen LogP contribution < -0.4 is 83.9 Å². The van der Waals surface area contributed by atoms with E-state index in [1.807, 2.05) is 0 Å². The van der Waals surface area contributed by atoms with Gasteiger partial charge in [0.05, 0.1) is 0 Å². The molecule has 0 aliphatic carbocycles. The van der Waals surface area contributed by atoms with Crippen LogP contribution >= 0.6 is 12.6 Å². The zero-order valence-corrected chi connectivity index (χ0v) is 20.8. The molecular weight excluding hydrogens is 463 g/mol. The third-order valence-electron chi connectivity index (χ3n) is 2.25. The van der Waals surface area contributed by atoms with Gasteiger partial charge in [-0.25, -0.2) is 0 Å². The Hall–Kier alpha value is 0.429. The second-order valence-electron chi connectivity index (χ2n) is 4.10. The Morgan fingerprint density at radius 1 is 1.15 bits per heavy atom. The fourth-order valence-corrected chi connectivity index (χ4v) is 1.41. The van der Waals surface area contributed by atoms with Crippen LogP contribution in [0.15, 0.2) is 0 Å². The predicted octanol–water partition coefficient (Wildman–Crippen LogP) is -11.1. The molecule has 0 aliphatic heterocycles. The summed E-state index contributed by atoms with van der Waals surface area (Å²) in [7, 11) is 0. The summed E-state index contributed by atoms with van der Waals surface area (Å²) in [6.45, 7) is -0.567. The molecular formula is C10H17N3Na2O9SSe. The van der Waals surface area contributed by atoms with Gasteiger partial charge in [-0.05, 0) is 6.42 Å². The molecule has 16 heteroatoms. The molecule has 0 aromatic rings. The summed E-state index contributed by atoms with van der Waals surface area (Å²) in [5.41, 5.74) is 5.23. The molecule has 0 spiro atoms. The monoisotopic (exact) mass is 481 g/mol. The summed E-state index contributed by atoms with van der Waals surface area (Å²) < 4.78 is 25.6. The summed E-state index contributed by atoms with van der Waals surface area (Å²) in [5, 5.41) is 21.4. The minimum absolute atomic E-state index is 0. The Balaban J connectivity index is -0.000000363.